The second-order valence-electron chi connectivity index (χ2n) is 3.66. The minimum atomic E-state index is -0.103. The molecule has 1 heterocycles. The van der Waals surface area contributed by atoms with Crippen molar-refractivity contribution in [2.45, 2.75) is 0 Å². The van der Waals surface area contributed by atoms with Crippen molar-refractivity contribution in [3.8, 4) is 0 Å². The molecule has 0 aliphatic carbocycles. The van der Waals surface area contributed by atoms with Crippen molar-refractivity contribution in [2.75, 3.05) is 37.4 Å². The summed E-state index contributed by atoms with van der Waals surface area (Å²) in [6.07, 6.45) is 0. The van der Waals surface area contributed by atoms with Crippen molar-refractivity contribution in [1.29, 1.82) is 0 Å². The Kier molecular flexibility index (Phi) is 3.26. The van der Waals surface area contributed by atoms with Crippen molar-refractivity contribution < 1.29 is 9.53 Å². The summed E-state index contributed by atoms with van der Waals surface area (Å²) in [5, 5.41) is 2.80. The molecular formula is C11H15N3O2. The van der Waals surface area contributed by atoms with Gasteiger partial charge in [-0.05, 0) is 18.2 Å². The number of nitrogens with one attached hydrogen (secondary N) is 1. The first-order chi connectivity index (χ1) is 7.75. The number of nitrogens with zero attached hydrogens (tertiary/aromatic N) is 1. The van der Waals surface area contributed by atoms with Gasteiger partial charge in [0, 0.05) is 24.5 Å². The van der Waals surface area contributed by atoms with Gasteiger partial charge >= 0.3 is 6.03 Å². The van der Waals surface area contributed by atoms with E-state index in [1.165, 1.54) is 0 Å². The highest BCUT2D eigenvalue weighted by atomic mass is 16.5. The van der Waals surface area contributed by atoms with Gasteiger partial charge < -0.3 is 20.7 Å². The lowest BCUT2D eigenvalue weighted by molar-refractivity contribution is 0.0564. The Morgan fingerprint density at radius 2 is 2.12 bits per heavy atom. The van der Waals surface area contributed by atoms with Crippen molar-refractivity contribution >= 4 is 17.4 Å². The van der Waals surface area contributed by atoms with Gasteiger partial charge in [0.2, 0.25) is 0 Å². The van der Waals surface area contributed by atoms with Crippen LogP contribution in [0.4, 0.5) is 16.2 Å². The number of carbonyl (C=O) groups is 1. The number of nitrogens with two attached hydrogens (primary N) is 1. The van der Waals surface area contributed by atoms with Crippen LogP contribution in [0.25, 0.3) is 0 Å². The molecule has 16 heavy (non-hydrogen) atoms. The van der Waals surface area contributed by atoms with Gasteiger partial charge in [0.05, 0.1) is 13.2 Å². The van der Waals surface area contributed by atoms with E-state index in [-0.39, 0.29) is 6.03 Å². The highest BCUT2D eigenvalue weighted by Crippen LogP contribution is 2.12. The first-order valence-corrected chi connectivity index (χ1v) is 5.25. The third-order valence-corrected chi connectivity index (χ3v) is 2.44. The number of hydrogen-bond acceptors (Lipinski definition) is 3. The van der Waals surface area contributed by atoms with Crippen LogP contribution in [0.15, 0.2) is 24.3 Å². The molecule has 0 spiro atoms. The number of benzene rings is 1. The summed E-state index contributed by atoms with van der Waals surface area (Å²) in [6, 6.07) is 7.04. The topological polar surface area (TPSA) is 67.6 Å². The zero-order chi connectivity index (χ0) is 11.4. The molecule has 0 atom stereocenters. The first kappa shape index (κ1) is 10.8. The molecule has 1 saturated heterocycles. The predicted octanol–water partition coefficient (Wildman–Crippen LogP) is 1.13. The van der Waals surface area contributed by atoms with E-state index >= 15 is 0 Å². The van der Waals surface area contributed by atoms with Crippen LogP contribution in [-0.4, -0.2) is 37.2 Å². The maximum Gasteiger partial charge on any atom is 0.322 e. The Hall–Kier alpha value is -1.75. The number of rotatable bonds is 1. The summed E-state index contributed by atoms with van der Waals surface area (Å²) >= 11 is 0. The largest absolute Gasteiger partial charge is 0.399 e. The van der Waals surface area contributed by atoms with Gasteiger partial charge in [0.1, 0.15) is 0 Å². The molecule has 0 unspecified atom stereocenters. The van der Waals surface area contributed by atoms with Crippen LogP contribution in [0.5, 0.6) is 0 Å². The van der Waals surface area contributed by atoms with Gasteiger partial charge in [-0.25, -0.2) is 4.79 Å². The van der Waals surface area contributed by atoms with Crippen molar-refractivity contribution in [3.63, 3.8) is 0 Å². The standard InChI is InChI=1S/C11H15N3O2/c12-9-2-1-3-10(8-9)13-11(15)14-4-6-16-7-5-14/h1-3,8H,4-7,12H2,(H,13,15). The highest BCUT2D eigenvalue weighted by Gasteiger charge is 2.16. The third kappa shape index (κ3) is 2.64. The SMILES string of the molecule is Nc1cccc(NC(=O)N2CCOCC2)c1. The fourth-order valence-corrected chi connectivity index (χ4v) is 1.59. The van der Waals surface area contributed by atoms with E-state index in [9.17, 15) is 4.79 Å². The van der Waals surface area contributed by atoms with Gasteiger partial charge in [-0.2, -0.15) is 0 Å². The number of nitrogen functional groups attached to an aromatic ring is 1. The maximum atomic E-state index is 11.8. The molecule has 0 radical (unpaired) electrons. The molecule has 1 aromatic carbocycles. The number of urea groups is 1. The van der Waals surface area contributed by atoms with E-state index in [1.807, 2.05) is 12.1 Å². The predicted molar refractivity (Wildman–Crippen MR) is 62.3 cm³/mol. The lowest BCUT2D eigenvalue weighted by Gasteiger charge is -2.26. The molecule has 1 aliphatic rings. The maximum absolute atomic E-state index is 11.8. The second-order valence-corrected chi connectivity index (χ2v) is 3.66. The average molecular weight is 221 g/mol. The molecule has 0 aromatic heterocycles. The van der Waals surface area contributed by atoms with Gasteiger partial charge in [0.15, 0.2) is 0 Å². The van der Waals surface area contributed by atoms with E-state index in [0.29, 0.717) is 32.0 Å². The van der Waals surface area contributed by atoms with Crippen LogP contribution in [0.3, 0.4) is 0 Å². The lowest BCUT2D eigenvalue weighted by Crippen LogP contribution is -2.43. The van der Waals surface area contributed by atoms with Gasteiger partial charge in [-0.15, -0.1) is 0 Å². The number of carbonyl (C=O) groups excluding carboxylic acids is 1. The zero-order valence-corrected chi connectivity index (χ0v) is 8.98. The van der Waals surface area contributed by atoms with E-state index in [0.717, 1.165) is 5.69 Å². The third-order valence-electron chi connectivity index (χ3n) is 2.44. The van der Waals surface area contributed by atoms with Crippen LogP contribution >= 0.6 is 0 Å². The summed E-state index contributed by atoms with van der Waals surface area (Å²) in [5.41, 5.74) is 6.99. The van der Waals surface area contributed by atoms with Crippen molar-refractivity contribution in [3.05, 3.63) is 24.3 Å². The fraction of sp³-hybridized carbons (Fsp3) is 0.364. The van der Waals surface area contributed by atoms with E-state index in [4.69, 9.17) is 10.5 Å². The van der Waals surface area contributed by atoms with Crippen LogP contribution in [-0.2, 0) is 4.74 Å². The highest BCUT2D eigenvalue weighted by molar-refractivity contribution is 5.89. The van der Waals surface area contributed by atoms with Gasteiger partial charge in [-0.1, -0.05) is 6.07 Å². The number of amides is 2. The van der Waals surface area contributed by atoms with Gasteiger partial charge in [0.25, 0.3) is 0 Å². The Morgan fingerprint density at radius 1 is 1.38 bits per heavy atom. The fourth-order valence-electron chi connectivity index (χ4n) is 1.59. The monoisotopic (exact) mass is 221 g/mol. The Morgan fingerprint density at radius 3 is 2.81 bits per heavy atom. The van der Waals surface area contributed by atoms with Crippen LogP contribution in [0.2, 0.25) is 0 Å². The first-order valence-electron chi connectivity index (χ1n) is 5.25. The number of anilines is 2. The summed E-state index contributed by atoms with van der Waals surface area (Å²) in [5.74, 6) is 0. The smallest absolute Gasteiger partial charge is 0.322 e. The molecule has 0 bridgehead atoms. The number of ether oxygens (including phenoxy) is 1. The second kappa shape index (κ2) is 4.85. The molecular weight excluding hydrogens is 206 g/mol. The van der Waals surface area contributed by atoms with E-state index in [1.54, 1.807) is 17.0 Å². The summed E-state index contributed by atoms with van der Waals surface area (Å²) in [4.78, 5) is 13.5. The molecule has 3 N–H and O–H groups in total. The summed E-state index contributed by atoms with van der Waals surface area (Å²) in [6.45, 7) is 2.47. The number of hydrogen-bond donors (Lipinski definition) is 2. The molecule has 5 nitrogen and oxygen atoms in total. The lowest BCUT2D eigenvalue weighted by atomic mass is 10.3. The zero-order valence-electron chi connectivity index (χ0n) is 8.98. The molecule has 1 aromatic rings. The van der Waals surface area contributed by atoms with E-state index < -0.39 is 0 Å². The molecule has 1 fully saturated rings. The normalized spacial score (nSPS) is 15.9. The molecule has 5 heteroatoms. The van der Waals surface area contributed by atoms with Gasteiger partial charge in [-0.3, -0.25) is 0 Å². The molecule has 2 rings (SSSR count). The van der Waals surface area contributed by atoms with Crippen LogP contribution < -0.4 is 11.1 Å². The molecule has 0 saturated carbocycles. The minimum absolute atomic E-state index is 0.103. The Bertz CT molecular complexity index is 375. The summed E-state index contributed by atoms with van der Waals surface area (Å²) in [7, 11) is 0. The minimum Gasteiger partial charge on any atom is -0.399 e. The Balaban J connectivity index is 1.96. The van der Waals surface area contributed by atoms with Crippen molar-refractivity contribution in [1.82, 2.24) is 4.90 Å². The quantitative estimate of drug-likeness (QED) is 0.698. The number of morpholine rings is 1. The van der Waals surface area contributed by atoms with Crippen molar-refractivity contribution in [2.24, 2.45) is 0 Å². The van der Waals surface area contributed by atoms with Crippen LogP contribution in [0, 0.1) is 0 Å². The molecule has 86 valence electrons. The molecule has 1 aliphatic heterocycles. The van der Waals surface area contributed by atoms with E-state index in [2.05, 4.69) is 5.32 Å². The average Bonchev–Trinajstić information content (AvgIpc) is 2.30. The molecule has 2 amide bonds. The Labute approximate surface area is 94.2 Å². The summed E-state index contributed by atoms with van der Waals surface area (Å²) < 4.78 is 5.18. The van der Waals surface area contributed by atoms with Crippen LogP contribution in [0.1, 0.15) is 0 Å².